The molecule has 0 fully saturated rings. The van der Waals surface area contributed by atoms with Crippen LogP contribution in [0.4, 0.5) is 17.6 Å². The number of H-pyrrole nitrogens is 1. The van der Waals surface area contributed by atoms with Gasteiger partial charge in [0, 0.05) is 18.0 Å². The van der Waals surface area contributed by atoms with Crippen molar-refractivity contribution in [3.05, 3.63) is 69.3 Å². The summed E-state index contributed by atoms with van der Waals surface area (Å²) >= 11 is 0. The Kier molecular flexibility index (Phi) is 4.90. The van der Waals surface area contributed by atoms with Gasteiger partial charge in [0.25, 0.3) is 5.56 Å². The first-order chi connectivity index (χ1) is 15.6. The highest BCUT2D eigenvalue weighted by atomic mass is 16.6. The molecule has 160 valence electrons. The lowest BCUT2D eigenvalue weighted by molar-refractivity contribution is -0.389. The number of anilines is 2. The molecule has 4 heterocycles. The number of nitro groups is 1. The van der Waals surface area contributed by atoms with E-state index in [4.69, 9.17) is 0 Å². The van der Waals surface area contributed by atoms with Gasteiger partial charge in [-0.15, -0.1) is 0 Å². The minimum absolute atomic E-state index is 0.177. The Bertz CT molecular complexity index is 1390. The Morgan fingerprint density at radius 2 is 2.03 bits per heavy atom. The third-order valence-electron chi connectivity index (χ3n) is 5.18. The Hall–Kier alpha value is -4.41. The van der Waals surface area contributed by atoms with Crippen LogP contribution in [0.3, 0.4) is 0 Å². The zero-order chi connectivity index (χ0) is 22.1. The van der Waals surface area contributed by atoms with Crippen molar-refractivity contribution in [1.29, 1.82) is 0 Å². The number of allylic oxidation sites excluding steroid dienone is 2. The number of imidazole rings is 1. The van der Waals surface area contributed by atoms with Crippen molar-refractivity contribution in [3.8, 4) is 11.4 Å². The number of rotatable bonds is 5. The van der Waals surface area contributed by atoms with E-state index in [2.05, 4.69) is 36.3 Å². The molecule has 32 heavy (non-hydrogen) atoms. The van der Waals surface area contributed by atoms with Gasteiger partial charge in [0.15, 0.2) is 23.2 Å². The lowest BCUT2D eigenvalue weighted by Gasteiger charge is -2.16. The third kappa shape index (κ3) is 3.60. The van der Waals surface area contributed by atoms with E-state index in [9.17, 15) is 14.9 Å². The average molecular weight is 430 g/mol. The summed E-state index contributed by atoms with van der Waals surface area (Å²) in [6.07, 6.45) is 8.94. The molecule has 11 nitrogen and oxygen atoms in total. The summed E-state index contributed by atoms with van der Waals surface area (Å²) in [7, 11) is 0. The van der Waals surface area contributed by atoms with Crippen LogP contribution in [0.1, 0.15) is 25.7 Å². The monoisotopic (exact) mass is 430 g/mol. The highest BCUT2D eigenvalue weighted by molar-refractivity contribution is 5.82. The predicted octanol–water partition coefficient (Wildman–Crippen LogP) is 3.64. The second-order valence-corrected chi connectivity index (χ2v) is 7.30. The maximum absolute atomic E-state index is 12.9. The van der Waals surface area contributed by atoms with Crippen LogP contribution >= 0.6 is 0 Å². The molecule has 5 rings (SSSR count). The molecule has 0 bridgehead atoms. The molecular weight excluding hydrogens is 412 g/mol. The molecular formula is C21H18N8O3. The van der Waals surface area contributed by atoms with Crippen molar-refractivity contribution in [2.75, 3.05) is 5.32 Å². The SMILES string of the molecule is O=c1[nH]c(Nc2ccccn2)nc2c1nc(-c1ccc([N+](=O)[O-])nc1)n2C1=CCCCC1. The Morgan fingerprint density at radius 1 is 1.12 bits per heavy atom. The van der Waals surface area contributed by atoms with Gasteiger partial charge in [-0.05, 0) is 53.8 Å². The highest BCUT2D eigenvalue weighted by Gasteiger charge is 2.22. The summed E-state index contributed by atoms with van der Waals surface area (Å²) in [4.78, 5) is 43.3. The Balaban J connectivity index is 1.69. The second-order valence-electron chi connectivity index (χ2n) is 7.30. The Labute approximate surface area is 181 Å². The van der Waals surface area contributed by atoms with E-state index < -0.39 is 10.5 Å². The molecule has 0 saturated carbocycles. The largest absolute Gasteiger partial charge is 0.363 e. The zero-order valence-corrected chi connectivity index (χ0v) is 16.9. The van der Waals surface area contributed by atoms with Crippen LogP contribution < -0.4 is 10.9 Å². The van der Waals surface area contributed by atoms with Gasteiger partial charge < -0.3 is 15.4 Å². The summed E-state index contributed by atoms with van der Waals surface area (Å²) in [6.45, 7) is 0. The summed E-state index contributed by atoms with van der Waals surface area (Å²) < 4.78 is 1.84. The number of fused-ring (bicyclic) bond motifs is 1. The topological polar surface area (TPSA) is 145 Å². The minimum Gasteiger partial charge on any atom is -0.358 e. The number of hydrogen-bond donors (Lipinski definition) is 2. The van der Waals surface area contributed by atoms with Gasteiger partial charge >= 0.3 is 5.82 Å². The lowest BCUT2D eigenvalue weighted by Crippen LogP contribution is -2.13. The molecule has 0 radical (unpaired) electrons. The van der Waals surface area contributed by atoms with Gasteiger partial charge in [-0.3, -0.25) is 14.3 Å². The van der Waals surface area contributed by atoms with Crippen LogP contribution in [0.2, 0.25) is 0 Å². The summed E-state index contributed by atoms with van der Waals surface area (Å²) in [6, 6.07) is 8.27. The molecule has 4 aromatic heterocycles. The first kappa shape index (κ1) is 19.5. The van der Waals surface area contributed by atoms with E-state index in [1.807, 2.05) is 10.6 Å². The van der Waals surface area contributed by atoms with E-state index >= 15 is 0 Å². The van der Waals surface area contributed by atoms with Crippen LogP contribution in [-0.2, 0) is 0 Å². The normalized spacial score (nSPS) is 13.7. The molecule has 1 aliphatic carbocycles. The fourth-order valence-corrected chi connectivity index (χ4v) is 3.70. The molecule has 1 aliphatic rings. The molecule has 11 heteroatoms. The fourth-order valence-electron chi connectivity index (χ4n) is 3.70. The van der Waals surface area contributed by atoms with Gasteiger partial charge in [-0.25, -0.2) is 9.97 Å². The molecule has 0 aliphatic heterocycles. The third-order valence-corrected chi connectivity index (χ3v) is 5.18. The molecule has 4 aromatic rings. The number of pyridine rings is 2. The maximum Gasteiger partial charge on any atom is 0.363 e. The molecule has 0 aromatic carbocycles. The maximum atomic E-state index is 12.9. The van der Waals surface area contributed by atoms with Crippen molar-refractivity contribution in [1.82, 2.24) is 29.5 Å². The zero-order valence-electron chi connectivity index (χ0n) is 16.9. The lowest BCUT2D eigenvalue weighted by atomic mass is 10.0. The van der Waals surface area contributed by atoms with Gasteiger partial charge in [-0.1, -0.05) is 12.1 Å². The van der Waals surface area contributed by atoms with Crippen molar-refractivity contribution >= 4 is 34.4 Å². The van der Waals surface area contributed by atoms with Crippen molar-refractivity contribution in [2.45, 2.75) is 25.7 Å². The van der Waals surface area contributed by atoms with Crippen LogP contribution in [-0.4, -0.2) is 34.4 Å². The highest BCUT2D eigenvalue weighted by Crippen LogP contribution is 2.31. The minimum atomic E-state index is -0.557. The van der Waals surface area contributed by atoms with Crippen molar-refractivity contribution in [2.24, 2.45) is 0 Å². The molecule has 2 N–H and O–H groups in total. The second kappa shape index (κ2) is 8.02. The number of hydrogen-bond acceptors (Lipinski definition) is 8. The van der Waals surface area contributed by atoms with Gasteiger partial charge in [0.05, 0.1) is 5.56 Å². The number of nitrogens with zero attached hydrogens (tertiary/aromatic N) is 6. The van der Waals surface area contributed by atoms with Gasteiger partial charge in [0.2, 0.25) is 5.95 Å². The smallest absolute Gasteiger partial charge is 0.358 e. The number of nitrogens with one attached hydrogen (secondary N) is 2. The summed E-state index contributed by atoms with van der Waals surface area (Å²) in [5.74, 6) is 0.986. The van der Waals surface area contributed by atoms with E-state index in [-0.39, 0.29) is 17.3 Å². The Morgan fingerprint density at radius 3 is 2.72 bits per heavy atom. The van der Waals surface area contributed by atoms with E-state index in [1.165, 1.54) is 12.3 Å². The van der Waals surface area contributed by atoms with Crippen molar-refractivity contribution in [3.63, 3.8) is 0 Å². The molecule has 0 atom stereocenters. The van der Waals surface area contributed by atoms with Crippen LogP contribution in [0, 0.1) is 10.1 Å². The van der Waals surface area contributed by atoms with Crippen LogP contribution in [0.25, 0.3) is 28.2 Å². The van der Waals surface area contributed by atoms with Crippen LogP contribution in [0.5, 0.6) is 0 Å². The van der Waals surface area contributed by atoms with E-state index in [0.29, 0.717) is 22.9 Å². The fraction of sp³-hybridized carbons (Fsp3) is 0.190. The van der Waals surface area contributed by atoms with E-state index in [1.54, 1.807) is 24.4 Å². The molecule has 0 amide bonds. The number of aromatic amines is 1. The predicted molar refractivity (Wildman–Crippen MR) is 118 cm³/mol. The molecule has 0 saturated heterocycles. The number of aromatic nitrogens is 6. The average Bonchev–Trinajstić information content (AvgIpc) is 3.20. The van der Waals surface area contributed by atoms with Gasteiger partial charge in [-0.2, -0.15) is 4.98 Å². The van der Waals surface area contributed by atoms with Crippen LogP contribution in [0.15, 0.2) is 53.6 Å². The standard InChI is InChI=1S/C21H18N8O3/c30-20-17-19(26-21(27-20)24-15-8-4-5-11-22-15)28(14-6-2-1-3-7-14)18(25-17)13-9-10-16(23-12-13)29(31)32/h4-6,8-12H,1-3,7H2,(H2,22,24,26,27,30). The van der Waals surface area contributed by atoms with Crippen molar-refractivity contribution < 1.29 is 4.92 Å². The van der Waals surface area contributed by atoms with E-state index in [0.717, 1.165) is 31.4 Å². The first-order valence-electron chi connectivity index (χ1n) is 10.1. The quantitative estimate of drug-likeness (QED) is 0.361. The van der Waals surface area contributed by atoms with Gasteiger partial charge in [0.1, 0.15) is 5.82 Å². The summed E-state index contributed by atoms with van der Waals surface area (Å²) in [5, 5.41) is 14.0. The summed E-state index contributed by atoms with van der Waals surface area (Å²) in [5.41, 5.74) is 1.71. The molecule has 0 spiro atoms. The molecule has 0 unspecified atom stereocenters. The first-order valence-corrected chi connectivity index (χ1v) is 10.1.